The molecule has 0 radical (unpaired) electrons. The Morgan fingerprint density at radius 1 is 1.36 bits per heavy atom. The predicted molar refractivity (Wildman–Crippen MR) is 89.9 cm³/mol. The first-order chi connectivity index (χ1) is 9.89. The highest BCUT2D eigenvalue weighted by atomic mass is 35.5. The summed E-state index contributed by atoms with van der Waals surface area (Å²) in [5, 5.41) is 13.2. The van der Waals surface area contributed by atoms with Crippen molar-refractivity contribution in [2.24, 2.45) is 5.41 Å². The van der Waals surface area contributed by atoms with E-state index in [1.54, 1.807) is 6.07 Å². The number of cyclic esters (lactones) is 1. The normalized spacial score (nSPS) is 19.6. The molecule has 1 aliphatic heterocycles. The summed E-state index contributed by atoms with van der Waals surface area (Å²) in [7, 11) is 0. The summed E-state index contributed by atoms with van der Waals surface area (Å²) in [4.78, 5) is 13.7. The number of hydrogen-bond acceptors (Lipinski definition) is 4. The van der Waals surface area contributed by atoms with Gasteiger partial charge in [0.1, 0.15) is 12.4 Å². The summed E-state index contributed by atoms with van der Waals surface area (Å²) in [5.74, 6) is 0.208. The molecular formula is C16H25ClN2O3. The number of rotatable bonds is 4. The fraction of sp³-hybridized carbons (Fsp3) is 0.562. The second-order valence-corrected chi connectivity index (χ2v) is 6.06. The number of alkyl carbamates (subject to hydrolysis) is 1. The Morgan fingerprint density at radius 2 is 2.00 bits per heavy atom. The van der Waals surface area contributed by atoms with Crippen molar-refractivity contribution in [3.05, 3.63) is 23.8 Å². The molecule has 22 heavy (non-hydrogen) atoms. The Hall–Kier alpha value is -1.62. The minimum Gasteiger partial charge on any atom is -0.508 e. The smallest absolute Gasteiger partial charge is 0.407 e. The van der Waals surface area contributed by atoms with Gasteiger partial charge < -0.3 is 20.1 Å². The van der Waals surface area contributed by atoms with Gasteiger partial charge in [0.15, 0.2) is 0 Å². The predicted octanol–water partition coefficient (Wildman–Crippen LogP) is 3.47. The molecule has 2 rings (SSSR count). The van der Waals surface area contributed by atoms with Crippen LogP contribution >= 0.6 is 12.4 Å². The Morgan fingerprint density at radius 3 is 2.55 bits per heavy atom. The van der Waals surface area contributed by atoms with Crippen LogP contribution in [-0.2, 0) is 4.74 Å². The van der Waals surface area contributed by atoms with Crippen LogP contribution in [0.2, 0.25) is 0 Å². The van der Waals surface area contributed by atoms with Gasteiger partial charge in [0, 0.05) is 35.8 Å². The Labute approximate surface area is 138 Å². The topological polar surface area (TPSA) is 61.8 Å². The van der Waals surface area contributed by atoms with E-state index in [4.69, 9.17) is 4.74 Å². The van der Waals surface area contributed by atoms with Gasteiger partial charge in [0.05, 0.1) is 6.04 Å². The van der Waals surface area contributed by atoms with Crippen LogP contribution in [0.4, 0.5) is 10.5 Å². The molecule has 1 fully saturated rings. The highest BCUT2D eigenvalue weighted by Gasteiger charge is 2.39. The zero-order chi connectivity index (χ0) is 15.6. The van der Waals surface area contributed by atoms with Gasteiger partial charge in [-0.05, 0) is 19.9 Å². The molecule has 0 unspecified atom stereocenters. The SMILES string of the molecule is CCN(CC)c1ccc([C@@H]2NC(=O)OCC2(C)C)c(O)c1.Cl. The molecule has 1 atom stereocenters. The monoisotopic (exact) mass is 328 g/mol. The third kappa shape index (κ3) is 3.58. The van der Waals surface area contributed by atoms with E-state index in [2.05, 4.69) is 24.1 Å². The number of benzene rings is 1. The number of carbonyl (C=O) groups is 1. The first kappa shape index (κ1) is 18.4. The van der Waals surface area contributed by atoms with E-state index in [0.717, 1.165) is 24.3 Å². The van der Waals surface area contributed by atoms with Crippen molar-refractivity contribution in [3.8, 4) is 5.75 Å². The number of anilines is 1. The molecular weight excluding hydrogens is 304 g/mol. The fourth-order valence-corrected chi connectivity index (χ4v) is 2.75. The van der Waals surface area contributed by atoms with Gasteiger partial charge in [-0.15, -0.1) is 12.4 Å². The van der Waals surface area contributed by atoms with Gasteiger partial charge in [-0.3, -0.25) is 0 Å². The molecule has 124 valence electrons. The van der Waals surface area contributed by atoms with Gasteiger partial charge in [-0.1, -0.05) is 19.9 Å². The number of halogens is 1. The highest BCUT2D eigenvalue weighted by Crippen LogP contribution is 2.40. The van der Waals surface area contributed by atoms with Crippen LogP contribution in [0, 0.1) is 5.41 Å². The molecule has 0 bridgehead atoms. The number of phenols is 1. The van der Waals surface area contributed by atoms with Crippen LogP contribution in [0.25, 0.3) is 0 Å². The first-order valence-corrected chi connectivity index (χ1v) is 7.40. The van der Waals surface area contributed by atoms with Gasteiger partial charge in [0.25, 0.3) is 0 Å². The van der Waals surface area contributed by atoms with Crippen molar-refractivity contribution in [1.82, 2.24) is 5.32 Å². The van der Waals surface area contributed by atoms with Crippen LogP contribution in [0.1, 0.15) is 39.3 Å². The molecule has 6 heteroatoms. The molecule has 1 saturated heterocycles. The van der Waals surface area contributed by atoms with E-state index in [0.29, 0.717) is 6.61 Å². The van der Waals surface area contributed by atoms with E-state index in [1.807, 2.05) is 26.0 Å². The molecule has 1 amide bonds. The van der Waals surface area contributed by atoms with Crippen LogP contribution in [0.5, 0.6) is 5.75 Å². The van der Waals surface area contributed by atoms with Crippen molar-refractivity contribution < 1.29 is 14.6 Å². The third-order valence-corrected chi connectivity index (χ3v) is 4.07. The maximum atomic E-state index is 11.5. The average molecular weight is 329 g/mol. The van der Waals surface area contributed by atoms with Crippen LogP contribution in [0.15, 0.2) is 18.2 Å². The van der Waals surface area contributed by atoms with E-state index in [9.17, 15) is 9.90 Å². The van der Waals surface area contributed by atoms with Gasteiger partial charge in [0.2, 0.25) is 0 Å². The Bertz CT molecular complexity index is 530. The lowest BCUT2D eigenvalue weighted by atomic mass is 9.80. The maximum absolute atomic E-state index is 11.5. The van der Waals surface area contributed by atoms with Crippen molar-refractivity contribution in [1.29, 1.82) is 0 Å². The van der Waals surface area contributed by atoms with Crippen LogP contribution < -0.4 is 10.2 Å². The Balaban J connectivity index is 0.00000242. The third-order valence-electron chi connectivity index (χ3n) is 4.07. The summed E-state index contributed by atoms with van der Waals surface area (Å²) in [6.07, 6.45) is -0.438. The molecule has 0 aromatic heterocycles. The van der Waals surface area contributed by atoms with E-state index < -0.39 is 6.09 Å². The van der Waals surface area contributed by atoms with Crippen molar-refractivity contribution in [2.45, 2.75) is 33.7 Å². The zero-order valence-corrected chi connectivity index (χ0v) is 14.4. The summed E-state index contributed by atoms with van der Waals surface area (Å²) < 4.78 is 5.04. The number of aromatic hydroxyl groups is 1. The second kappa shape index (κ2) is 7.09. The quantitative estimate of drug-likeness (QED) is 0.888. The van der Waals surface area contributed by atoms with Gasteiger partial charge in [-0.25, -0.2) is 4.79 Å². The molecule has 1 aromatic rings. The largest absolute Gasteiger partial charge is 0.508 e. The summed E-state index contributed by atoms with van der Waals surface area (Å²) >= 11 is 0. The molecule has 1 aromatic carbocycles. The fourth-order valence-electron chi connectivity index (χ4n) is 2.75. The average Bonchev–Trinajstić information content (AvgIpc) is 2.44. The van der Waals surface area contributed by atoms with E-state index in [1.165, 1.54) is 0 Å². The number of hydrogen-bond donors (Lipinski definition) is 2. The molecule has 0 aliphatic carbocycles. The highest BCUT2D eigenvalue weighted by molar-refractivity contribution is 5.85. The number of nitrogens with zero attached hydrogens (tertiary/aromatic N) is 1. The summed E-state index contributed by atoms with van der Waals surface area (Å²) in [5.41, 5.74) is 1.44. The maximum Gasteiger partial charge on any atom is 0.407 e. The van der Waals surface area contributed by atoms with Crippen molar-refractivity contribution >= 4 is 24.2 Å². The van der Waals surface area contributed by atoms with Crippen molar-refractivity contribution in [2.75, 3.05) is 24.6 Å². The zero-order valence-electron chi connectivity index (χ0n) is 13.5. The molecule has 1 aliphatic rings. The summed E-state index contributed by atoms with van der Waals surface area (Å²) in [6, 6.07) is 5.38. The molecule has 1 heterocycles. The lowest BCUT2D eigenvalue weighted by Gasteiger charge is -2.38. The minimum absolute atomic E-state index is 0. The lowest BCUT2D eigenvalue weighted by Crippen LogP contribution is -2.46. The van der Waals surface area contributed by atoms with Crippen molar-refractivity contribution in [3.63, 3.8) is 0 Å². The molecule has 5 nitrogen and oxygen atoms in total. The number of phenolic OH excluding ortho intramolecular Hbond substituents is 1. The van der Waals surface area contributed by atoms with Gasteiger partial charge in [-0.2, -0.15) is 0 Å². The Kier molecular flexibility index (Phi) is 5.94. The molecule has 0 saturated carbocycles. The van der Waals surface area contributed by atoms with Crippen LogP contribution in [-0.4, -0.2) is 30.9 Å². The number of ether oxygens (including phenoxy) is 1. The number of amides is 1. The van der Waals surface area contributed by atoms with E-state index in [-0.39, 0.29) is 29.6 Å². The standard InChI is InChI=1S/C16H24N2O3.ClH/c1-5-18(6-2)11-7-8-12(13(19)9-11)14-16(3,4)10-21-15(20)17-14;/h7-9,14,19H,5-6,10H2,1-4H3,(H,17,20);1H/t14-;/m0./s1. The summed E-state index contributed by atoms with van der Waals surface area (Å²) in [6.45, 7) is 10.3. The molecule has 0 spiro atoms. The number of nitrogens with one attached hydrogen (secondary N) is 1. The van der Waals surface area contributed by atoms with Crippen LogP contribution in [0.3, 0.4) is 0 Å². The molecule has 2 N–H and O–H groups in total. The number of carbonyl (C=O) groups excluding carboxylic acids is 1. The van der Waals surface area contributed by atoms with Gasteiger partial charge >= 0.3 is 6.09 Å². The minimum atomic E-state index is -0.438. The second-order valence-electron chi connectivity index (χ2n) is 6.06. The lowest BCUT2D eigenvalue weighted by molar-refractivity contribution is 0.0381. The first-order valence-electron chi connectivity index (χ1n) is 7.40. The van der Waals surface area contributed by atoms with E-state index >= 15 is 0 Å².